The molecular weight excluding hydrogens is 1910 g/mol. The van der Waals surface area contributed by atoms with Crippen LogP contribution in [0.1, 0.15) is 185 Å². The van der Waals surface area contributed by atoms with E-state index >= 15 is 0 Å². The number of carbonyl (C=O) groups excluding carboxylic acids is 10. The van der Waals surface area contributed by atoms with E-state index in [9.17, 15) is 58.1 Å². The second-order valence-corrected chi connectivity index (χ2v) is 38.0. The monoisotopic (exact) mass is 2040 g/mol. The van der Waals surface area contributed by atoms with Crippen molar-refractivity contribution in [1.29, 1.82) is 10.8 Å². The molecule has 0 unspecified atom stereocenters. The highest BCUT2D eigenvalue weighted by Crippen LogP contribution is 2.64. The van der Waals surface area contributed by atoms with Crippen LogP contribution in [0.5, 0.6) is 40.2 Å². The van der Waals surface area contributed by atoms with Gasteiger partial charge in [-0.05, 0) is 284 Å². The number of unbranched alkanes of at least 4 members (excludes halogenated alkanes) is 4. The number of non-ortho nitro benzene ring substituents is 1. The molecule has 4 amide bonds. The molecule has 4 aliphatic rings. The first-order valence-corrected chi connectivity index (χ1v) is 50.2. The van der Waals surface area contributed by atoms with E-state index in [1.54, 1.807) is 137 Å². The molecule has 36 heteroatoms. The first-order valence-electron chi connectivity index (χ1n) is 50.2. The molecule has 14 rings (SSSR count). The highest BCUT2D eigenvalue weighted by molar-refractivity contribution is 6.01. The Labute approximate surface area is 866 Å². The number of ether oxygens (including phenoxy) is 11. The minimum absolute atomic E-state index is 0. The Hall–Kier alpha value is -15.7. The molecule has 1 spiro atoms. The molecular formula is C113H135N13O23. The maximum atomic E-state index is 13.9. The van der Waals surface area contributed by atoms with Crippen molar-refractivity contribution in [3.05, 3.63) is 285 Å². The Bertz CT molecular complexity index is 6360. The normalized spacial score (nSPS) is 15.8. The standard InChI is InChI=1S/C48H63N7O8.C40H46N4O8.C25H24N2O7.H2/c49-23-7-4-12-38(30-43(56)42(14-6-9-25-51)55-47(59)39(13-5-8-24-50)31-44(57)62-32-33-10-2-1-3-11-33)46(58)54-26-27-61-40-20-17-34(18-21-40)48(60)63-41-22-19-35-28-37(45(52)53)16-15-36(35)29-41;1-40(2,3)52-39(48)44-20-8-7-11-32(25-35(45)50-26-27-9-5-4-6-10-27)37(46)43-21-22-49-33-17-14-28(15-18-33)38(47)51-34-19-16-29-23-31(36(41)42)13-12-30(29)24-34;1-26-12-11-25-17-8-10-20(33-24(28)32-16-6-4-15(5-7-16)27(29)30)23(25)34-22-19(31-2)9-3-14(21(22)25)13-18(17)26;/h1-3,10-11,15-22,28-29,38-39,42H,4-9,12-14,23-27,30-32,49-51H2,(H3,52,53)(H,54,58)(H,55,59);4-6,9-10,12-19,23-24,32H,7-8,11,20-22,25-26H2,1-3H3,(H3,41,42)(H,43,46)(H,44,48);3-7,9-10,17-18,23H,8,11-13H2,1-2H3;1H/t38-,39-,42+;32-;17-,18+,23-,25-;/m110./s1. The number of nitrogens with zero attached hydrogens (tertiary/aromatic N) is 2. The van der Waals surface area contributed by atoms with Gasteiger partial charge in [-0.1, -0.05) is 122 Å². The maximum Gasteiger partial charge on any atom is 0.519 e. The molecule has 2 heterocycles. The number of nitrogens with one attached hydrogen (secondary N) is 6. The number of nitrogens with two attached hydrogens (primary N) is 5. The fourth-order valence-electron chi connectivity index (χ4n) is 18.5. The van der Waals surface area contributed by atoms with Gasteiger partial charge in [0.05, 0.1) is 55.1 Å². The highest BCUT2D eigenvalue weighted by Gasteiger charge is 2.65. The van der Waals surface area contributed by atoms with Crippen molar-refractivity contribution in [1.82, 2.24) is 26.2 Å². The number of amidine groups is 2. The fourth-order valence-corrected chi connectivity index (χ4v) is 18.5. The number of likely N-dealkylation sites (tertiary alicyclic amines) is 1. The lowest BCUT2D eigenvalue weighted by Crippen LogP contribution is -2.63. The van der Waals surface area contributed by atoms with Crippen LogP contribution in [-0.2, 0) is 72.8 Å². The van der Waals surface area contributed by atoms with Crippen molar-refractivity contribution in [3.8, 4) is 40.2 Å². The second kappa shape index (κ2) is 55.2. The van der Waals surface area contributed by atoms with Gasteiger partial charge in [-0.15, -0.1) is 0 Å². The maximum absolute atomic E-state index is 13.9. The summed E-state index contributed by atoms with van der Waals surface area (Å²) in [4.78, 5) is 143. The zero-order chi connectivity index (χ0) is 107. The number of benzene rings is 10. The molecule has 2 aliphatic carbocycles. The summed E-state index contributed by atoms with van der Waals surface area (Å²) in [5, 5.41) is 40.8. The average molecular weight is 2040 g/mol. The number of nitro groups is 1. The number of fused-ring (bicyclic) bond motifs is 2. The molecule has 2 aliphatic heterocycles. The van der Waals surface area contributed by atoms with E-state index in [2.05, 4.69) is 39.3 Å². The van der Waals surface area contributed by atoms with Crippen LogP contribution in [-0.4, -0.2) is 178 Å². The van der Waals surface area contributed by atoms with E-state index in [4.69, 9.17) is 91.6 Å². The van der Waals surface area contributed by atoms with Gasteiger partial charge in [0.15, 0.2) is 23.4 Å². The SMILES string of the molecule is CC(C)(C)OC(=O)NCCCC[C@H](CC(=O)OCc1ccccc1)C(=O)NCCOc1ccc(C(=O)Oc2ccc3cc(C(=N)N)ccc3c2)cc1.COc1ccc2c3c1O[C@H]1C(OC(=O)Oc4ccc([N+](=O)[O-])cc4)=CC[C@H]4[C@@H](C2)N(C)CC[C@]314.N=C(N)c1ccc2cc(OC(=O)c3ccc(OCCNC(=O)[C@H](CCCCN)CC(=O)[C@H](CCCCN)NC(=O)[C@H](CCCCN)CC(=O)OCc4ccccc4)cc3)ccc2c1.[HH]. The van der Waals surface area contributed by atoms with Crippen LogP contribution in [0.25, 0.3) is 21.5 Å². The Morgan fingerprint density at radius 2 is 0.987 bits per heavy atom. The number of allylic oxidation sites excluding steroid dienone is 1. The van der Waals surface area contributed by atoms with Crippen LogP contribution in [0.4, 0.5) is 15.3 Å². The summed E-state index contributed by atoms with van der Waals surface area (Å²) in [6.07, 6.45) is 8.98. The highest BCUT2D eigenvalue weighted by atomic mass is 16.7. The number of alkyl carbamates (subject to hydrolysis) is 1. The van der Waals surface area contributed by atoms with Gasteiger partial charge in [0, 0.05) is 72.4 Å². The number of hydrogen-bond donors (Lipinski definition) is 11. The number of amides is 4. The van der Waals surface area contributed by atoms with Gasteiger partial charge in [0.2, 0.25) is 17.7 Å². The van der Waals surface area contributed by atoms with E-state index in [-0.39, 0.29) is 106 Å². The van der Waals surface area contributed by atoms with E-state index < -0.39 is 82.5 Å². The summed E-state index contributed by atoms with van der Waals surface area (Å²) in [5.41, 5.74) is 33.4. The number of Topliss-reactive ketones (excluding diaryl/α,β-unsaturated/α-hetero) is 1. The largest absolute Gasteiger partial charge is 0.519 e. The average Bonchev–Trinajstić information content (AvgIpc) is 1.45. The molecule has 0 radical (unpaired) electrons. The van der Waals surface area contributed by atoms with Crippen LogP contribution in [0.15, 0.2) is 230 Å². The molecule has 16 N–H and O–H groups in total. The first-order chi connectivity index (χ1) is 71.8. The van der Waals surface area contributed by atoms with Gasteiger partial charge in [0.1, 0.15) is 78.2 Å². The number of carbonyl (C=O) groups is 10. The van der Waals surface area contributed by atoms with Crippen molar-refractivity contribution in [2.24, 2.45) is 52.3 Å². The van der Waals surface area contributed by atoms with E-state index in [1.165, 1.54) is 35.4 Å². The number of ketones is 1. The molecule has 1 fully saturated rings. The zero-order valence-electron chi connectivity index (χ0n) is 84.6. The predicted octanol–water partition coefficient (Wildman–Crippen LogP) is 15.5. The topological polar surface area (TPSA) is 545 Å². The van der Waals surface area contributed by atoms with Gasteiger partial charge in [-0.2, -0.15) is 0 Å². The van der Waals surface area contributed by atoms with Crippen molar-refractivity contribution in [2.75, 3.05) is 73.2 Å². The number of rotatable bonds is 50. The molecule has 10 aromatic rings. The second-order valence-electron chi connectivity index (χ2n) is 38.0. The van der Waals surface area contributed by atoms with Gasteiger partial charge >= 0.3 is 36.1 Å². The van der Waals surface area contributed by atoms with Crippen molar-refractivity contribution in [2.45, 2.75) is 179 Å². The number of nitrogen functional groups attached to an aromatic ring is 2. The molecule has 1 saturated heterocycles. The molecule has 2 bridgehead atoms. The van der Waals surface area contributed by atoms with Crippen molar-refractivity contribution >= 4 is 98.5 Å². The molecule has 10 aromatic carbocycles. The van der Waals surface area contributed by atoms with Gasteiger partial charge in [0.25, 0.3) is 5.69 Å². The summed E-state index contributed by atoms with van der Waals surface area (Å²) in [6, 6.07) is 61.4. The van der Waals surface area contributed by atoms with Gasteiger partial charge in [-0.3, -0.25) is 49.7 Å². The van der Waals surface area contributed by atoms with Gasteiger partial charge < -0.3 is 107 Å². The minimum atomic E-state index is -0.901. The third kappa shape index (κ3) is 32.7. The lowest BCUT2D eigenvalue weighted by Gasteiger charge is -2.56. The Kier molecular flexibility index (Phi) is 41.5. The molecule has 8 atom stereocenters. The molecule has 0 saturated carbocycles. The van der Waals surface area contributed by atoms with Gasteiger partial charge in [-0.25, -0.2) is 19.2 Å². The minimum Gasteiger partial charge on any atom is -0.493 e. The third-order valence-corrected chi connectivity index (χ3v) is 26.2. The van der Waals surface area contributed by atoms with Crippen LogP contribution in [0, 0.1) is 44.6 Å². The Morgan fingerprint density at radius 3 is 1.48 bits per heavy atom. The van der Waals surface area contributed by atoms with Crippen molar-refractivity contribution < 1.29 is 106 Å². The van der Waals surface area contributed by atoms with Crippen LogP contribution < -0.4 is 83.1 Å². The first kappa shape index (κ1) is 112. The number of piperidine rings is 1. The number of hydrogen-bond acceptors (Lipinski definition) is 29. The summed E-state index contributed by atoms with van der Waals surface area (Å²) in [6.45, 7) is 8.80. The molecule has 36 nitrogen and oxygen atoms in total. The Morgan fingerprint density at radius 1 is 0.523 bits per heavy atom. The summed E-state index contributed by atoms with van der Waals surface area (Å²) < 4.78 is 62.0. The number of nitro benzene ring substituents is 1. The molecule has 149 heavy (non-hydrogen) atoms. The fraction of sp³-hybridized carbons (Fsp3) is 0.381. The lowest BCUT2D eigenvalue weighted by molar-refractivity contribution is -0.384. The Balaban J connectivity index is 0.000000221. The third-order valence-electron chi connectivity index (χ3n) is 26.2. The molecule has 790 valence electrons. The zero-order valence-corrected chi connectivity index (χ0v) is 84.6. The molecule has 0 aromatic heterocycles. The lowest BCUT2D eigenvalue weighted by atomic mass is 9.53. The number of esters is 4. The van der Waals surface area contributed by atoms with Crippen molar-refractivity contribution in [3.63, 3.8) is 0 Å². The van der Waals surface area contributed by atoms with Crippen LogP contribution in [0.2, 0.25) is 0 Å². The van der Waals surface area contributed by atoms with E-state index in [1.807, 2.05) is 84.9 Å². The summed E-state index contributed by atoms with van der Waals surface area (Å²) in [7, 11) is 3.81. The van der Waals surface area contributed by atoms with Crippen LogP contribution in [0.3, 0.4) is 0 Å². The quantitative estimate of drug-likeness (QED) is 0.00194. The number of methoxy groups -OCH3 is 1. The van der Waals surface area contributed by atoms with E-state index in [0.717, 1.165) is 64.2 Å². The summed E-state index contributed by atoms with van der Waals surface area (Å²) in [5.74, 6) is -1.36. The summed E-state index contributed by atoms with van der Waals surface area (Å²) >= 11 is 0. The van der Waals surface area contributed by atoms with E-state index in [0.29, 0.717) is 172 Å². The number of likely N-dealkylation sites (N-methyl/N-ethyl adjacent to an activating group) is 1. The predicted molar refractivity (Wildman–Crippen MR) is 563 cm³/mol. The van der Waals surface area contributed by atoms with Crippen LogP contribution >= 0.6 is 0 Å². The smallest absolute Gasteiger partial charge is 0.493 e.